The van der Waals surface area contributed by atoms with Crippen LogP contribution in [0.15, 0.2) is 53.4 Å². The number of ether oxygens (including phenoxy) is 1. The molecule has 3 rings (SSSR count). The highest BCUT2D eigenvalue weighted by molar-refractivity contribution is 7.89. The van der Waals surface area contributed by atoms with Gasteiger partial charge >= 0.3 is 0 Å². The van der Waals surface area contributed by atoms with Crippen LogP contribution in [0.1, 0.15) is 17.2 Å². The van der Waals surface area contributed by atoms with Gasteiger partial charge in [0.1, 0.15) is 0 Å². The summed E-state index contributed by atoms with van der Waals surface area (Å²) in [6, 6.07) is 14.0. The van der Waals surface area contributed by atoms with Crippen molar-refractivity contribution in [1.82, 2.24) is 9.62 Å². The minimum Gasteiger partial charge on any atom is -0.380 e. The molecule has 0 amide bonds. The average molecular weight is 417 g/mol. The molecule has 142 valence electrons. The largest absolute Gasteiger partial charge is 0.380 e. The van der Waals surface area contributed by atoms with Gasteiger partial charge < -0.3 is 10.1 Å². The van der Waals surface area contributed by atoms with E-state index in [9.17, 15) is 8.42 Å². The van der Waals surface area contributed by atoms with Crippen LogP contribution in [0.4, 0.5) is 0 Å². The zero-order chi connectivity index (χ0) is 17.9. The molecular formula is C18H22Cl2N2O3S. The van der Waals surface area contributed by atoms with Crippen LogP contribution in [0.3, 0.4) is 0 Å². The molecule has 1 fully saturated rings. The normalized spacial score (nSPS) is 18.3. The van der Waals surface area contributed by atoms with Crippen LogP contribution in [-0.2, 0) is 21.4 Å². The van der Waals surface area contributed by atoms with Crippen molar-refractivity contribution in [3.8, 4) is 0 Å². The summed E-state index contributed by atoms with van der Waals surface area (Å²) < 4.78 is 33.4. The maximum atomic E-state index is 13.4. The third-order valence-corrected chi connectivity index (χ3v) is 6.53. The number of methoxy groups -OCH3 is 1. The smallest absolute Gasteiger partial charge is 0.244 e. The Morgan fingerprint density at radius 2 is 2.00 bits per heavy atom. The molecule has 5 nitrogen and oxygen atoms in total. The van der Waals surface area contributed by atoms with Gasteiger partial charge in [-0.05, 0) is 29.3 Å². The van der Waals surface area contributed by atoms with Crippen molar-refractivity contribution in [2.45, 2.75) is 17.5 Å². The second-order valence-electron chi connectivity index (χ2n) is 5.93. The SMILES string of the molecule is COCc1ccccc1S(=O)(=O)N1CCNCC1c1cccc(Cl)c1.Cl. The minimum atomic E-state index is -3.65. The van der Waals surface area contributed by atoms with Gasteiger partial charge in [-0.3, -0.25) is 0 Å². The summed E-state index contributed by atoms with van der Waals surface area (Å²) in [5, 5.41) is 3.87. The van der Waals surface area contributed by atoms with Gasteiger partial charge in [-0.15, -0.1) is 12.4 Å². The van der Waals surface area contributed by atoms with Gasteiger partial charge in [0, 0.05) is 31.8 Å². The molecule has 1 heterocycles. The third-order valence-electron chi connectivity index (χ3n) is 4.29. The summed E-state index contributed by atoms with van der Waals surface area (Å²) in [5.74, 6) is 0. The lowest BCUT2D eigenvalue weighted by Crippen LogP contribution is -2.48. The number of halogens is 2. The predicted octanol–water partition coefficient (Wildman–Crippen LogP) is 3.24. The summed E-state index contributed by atoms with van der Waals surface area (Å²) >= 11 is 6.10. The number of nitrogens with one attached hydrogen (secondary N) is 1. The molecule has 0 bridgehead atoms. The molecule has 2 aromatic rings. The number of rotatable bonds is 5. The molecule has 1 atom stereocenters. The predicted molar refractivity (Wildman–Crippen MR) is 105 cm³/mol. The Bertz CT molecular complexity index is 846. The Morgan fingerprint density at radius 3 is 2.73 bits per heavy atom. The van der Waals surface area contributed by atoms with E-state index in [0.717, 1.165) is 5.56 Å². The van der Waals surface area contributed by atoms with Gasteiger partial charge in [0.2, 0.25) is 10.0 Å². The van der Waals surface area contributed by atoms with Crippen LogP contribution >= 0.6 is 24.0 Å². The molecule has 1 aliphatic heterocycles. The van der Waals surface area contributed by atoms with E-state index in [-0.39, 0.29) is 25.1 Å². The molecule has 0 saturated carbocycles. The lowest BCUT2D eigenvalue weighted by atomic mass is 10.1. The van der Waals surface area contributed by atoms with E-state index < -0.39 is 10.0 Å². The summed E-state index contributed by atoms with van der Waals surface area (Å²) in [7, 11) is -2.10. The van der Waals surface area contributed by atoms with Gasteiger partial charge in [-0.25, -0.2) is 8.42 Å². The molecule has 1 aliphatic rings. The molecule has 0 aliphatic carbocycles. The molecule has 1 unspecified atom stereocenters. The van der Waals surface area contributed by atoms with Gasteiger partial charge in [-0.2, -0.15) is 4.31 Å². The number of sulfonamides is 1. The molecule has 8 heteroatoms. The zero-order valence-electron chi connectivity index (χ0n) is 14.4. The molecule has 2 aromatic carbocycles. The summed E-state index contributed by atoms with van der Waals surface area (Å²) in [4.78, 5) is 0.297. The van der Waals surface area contributed by atoms with Gasteiger partial charge in [0.25, 0.3) is 0 Å². The fraction of sp³-hybridized carbons (Fsp3) is 0.333. The second kappa shape index (κ2) is 9.17. The highest BCUT2D eigenvalue weighted by Gasteiger charge is 2.35. The van der Waals surface area contributed by atoms with Crippen molar-refractivity contribution in [3.63, 3.8) is 0 Å². The van der Waals surface area contributed by atoms with E-state index in [1.165, 1.54) is 0 Å². The van der Waals surface area contributed by atoms with Crippen LogP contribution in [0.25, 0.3) is 0 Å². The number of nitrogens with zero attached hydrogens (tertiary/aromatic N) is 1. The maximum absolute atomic E-state index is 13.4. The average Bonchev–Trinajstić information content (AvgIpc) is 2.62. The topological polar surface area (TPSA) is 58.6 Å². The highest BCUT2D eigenvalue weighted by Crippen LogP contribution is 2.31. The fourth-order valence-electron chi connectivity index (χ4n) is 3.13. The molecule has 0 aromatic heterocycles. The maximum Gasteiger partial charge on any atom is 0.244 e. The first kappa shape index (κ1) is 21.2. The van der Waals surface area contributed by atoms with E-state index in [0.29, 0.717) is 35.1 Å². The lowest BCUT2D eigenvalue weighted by molar-refractivity contribution is 0.182. The number of piperazine rings is 1. The molecular weight excluding hydrogens is 395 g/mol. The Morgan fingerprint density at radius 1 is 1.23 bits per heavy atom. The Labute approximate surface area is 165 Å². The van der Waals surface area contributed by atoms with Crippen molar-refractivity contribution >= 4 is 34.0 Å². The zero-order valence-corrected chi connectivity index (χ0v) is 16.8. The Kier molecular flexibility index (Phi) is 7.46. The van der Waals surface area contributed by atoms with E-state index in [1.54, 1.807) is 35.7 Å². The first-order valence-electron chi connectivity index (χ1n) is 8.09. The van der Waals surface area contributed by atoms with Crippen LogP contribution in [0.5, 0.6) is 0 Å². The molecule has 26 heavy (non-hydrogen) atoms. The van der Waals surface area contributed by atoms with E-state index in [4.69, 9.17) is 16.3 Å². The van der Waals surface area contributed by atoms with E-state index >= 15 is 0 Å². The van der Waals surface area contributed by atoms with Crippen molar-refractivity contribution in [2.75, 3.05) is 26.7 Å². The summed E-state index contributed by atoms with van der Waals surface area (Å²) in [6.45, 7) is 1.82. The summed E-state index contributed by atoms with van der Waals surface area (Å²) in [5.41, 5.74) is 1.54. The van der Waals surface area contributed by atoms with Crippen LogP contribution in [0.2, 0.25) is 5.02 Å². The van der Waals surface area contributed by atoms with Crippen molar-refractivity contribution < 1.29 is 13.2 Å². The summed E-state index contributed by atoms with van der Waals surface area (Å²) in [6.07, 6.45) is 0. The number of benzene rings is 2. The first-order valence-corrected chi connectivity index (χ1v) is 9.90. The number of hydrogen-bond acceptors (Lipinski definition) is 4. The highest BCUT2D eigenvalue weighted by atomic mass is 35.5. The van der Waals surface area contributed by atoms with Gasteiger partial charge in [0.15, 0.2) is 0 Å². The first-order chi connectivity index (χ1) is 12.0. The Balaban J connectivity index is 0.00000243. The van der Waals surface area contributed by atoms with Gasteiger partial charge in [-0.1, -0.05) is 41.9 Å². The lowest BCUT2D eigenvalue weighted by Gasteiger charge is -2.36. The van der Waals surface area contributed by atoms with Crippen LogP contribution < -0.4 is 5.32 Å². The molecule has 1 saturated heterocycles. The number of hydrogen-bond donors (Lipinski definition) is 1. The van der Waals surface area contributed by atoms with Crippen LogP contribution in [0, 0.1) is 0 Å². The van der Waals surface area contributed by atoms with Gasteiger partial charge in [0.05, 0.1) is 17.5 Å². The van der Waals surface area contributed by atoms with Crippen molar-refractivity contribution in [2.24, 2.45) is 0 Å². The molecule has 0 radical (unpaired) electrons. The van der Waals surface area contributed by atoms with Crippen molar-refractivity contribution in [3.05, 3.63) is 64.7 Å². The Hall–Kier alpha value is -1.15. The minimum absolute atomic E-state index is 0. The van der Waals surface area contributed by atoms with E-state index in [1.807, 2.05) is 24.3 Å². The fourth-order valence-corrected chi connectivity index (χ4v) is 5.15. The van der Waals surface area contributed by atoms with Crippen molar-refractivity contribution in [1.29, 1.82) is 0 Å². The monoisotopic (exact) mass is 416 g/mol. The molecule has 0 spiro atoms. The second-order valence-corrected chi connectivity index (χ2v) is 8.23. The standard InChI is InChI=1S/C18H21ClN2O3S.ClH/c1-24-13-15-5-2-3-8-18(15)25(22,23)21-10-9-20-12-17(21)14-6-4-7-16(19)11-14;/h2-8,11,17,20H,9-10,12-13H2,1H3;1H. The molecule has 1 N–H and O–H groups in total. The van der Waals surface area contributed by atoms with Crippen LogP contribution in [-0.4, -0.2) is 39.5 Å². The third kappa shape index (κ3) is 4.39. The quantitative estimate of drug-likeness (QED) is 0.812. The van der Waals surface area contributed by atoms with E-state index in [2.05, 4.69) is 5.32 Å².